The molecule has 142 valence electrons. The molecule has 0 saturated carbocycles. The number of esters is 1. The Morgan fingerprint density at radius 3 is 2.81 bits per heavy atom. The second kappa shape index (κ2) is 7.18. The molecular weight excluding hydrogens is 342 g/mol. The van der Waals surface area contributed by atoms with Crippen molar-refractivity contribution in [1.82, 2.24) is 0 Å². The van der Waals surface area contributed by atoms with E-state index in [9.17, 15) is 9.59 Å². The molecule has 2 unspecified atom stereocenters. The summed E-state index contributed by atoms with van der Waals surface area (Å²) < 4.78 is 22.1. The summed E-state index contributed by atoms with van der Waals surface area (Å²) in [5, 5.41) is 0. The van der Waals surface area contributed by atoms with Gasteiger partial charge in [0.15, 0.2) is 5.76 Å². The Hall–Kier alpha value is -2.23. The van der Waals surface area contributed by atoms with Gasteiger partial charge in [-0.25, -0.2) is 4.99 Å². The van der Waals surface area contributed by atoms with Gasteiger partial charge in [0.05, 0.1) is 19.8 Å². The molecule has 26 heavy (non-hydrogen) atoms. The summed E-state index contributed by atoms with van der Waals surface area (Å²) in [6, 6.07) is 0. The molecule has 2 heterocycles. The predicted molar refractivity (Wildman–Crippen MR) is 90.5 cm³/mol. The molecule has 0 radical (unpaired) electrons. The number of rotatable bonds is 4. The maximum Gasteiger partial charge on any atom is 0.319 e. The highest BCUT2D eigenvalue weighted by Crippen LogP contribution is 2.40. The summed E-state index contributed by atoms with van der Waals surface area (Å²) in [7, 11) is 0. The molecule has 0 spiro atoms. The molecule has 1 aliphatic carbocycles. The first kappa shape index (κ1) is 18.6. The fourth-order valence-corrected chi connectivity index (χ4v) is 3.12. The molecule has 0 bridgehead atoms. The Morgan fingerprint density at radius 1 is 1.42 bits per heavy atom. The molecule has 0 aromatic rings. The fourth-order valence-electron chi connectivity index (χ4n) is 3.12. The van der Waals surface area contributed by atoms with Crippen LogP contribution in [0.3, 0.4) is 0 Å². The highest BCUT2D eigenvalue weighted by molar-refractivity contribution is 6.17. The first-order valence-electron chi connectivity index (χ1n) is 8.53. The Labute approximate surface area is 151 Å². The third-order valence-electron chi connectivity index (χ3n) is 4.16. The lowest BCUT2D eigenvalue weighted by Gasteiger charge is -2.25. The Balaban J connectivity index is 2.01. The fraction of sp³-hybridized carbons (Fsp3) is 0.588. The highest BCUT2D eigenvalue weighted by Gasteiger charge is 2.45. The van der Waals surface area contributed by atoms with Crippen molar-refractivity contribution in [2.24, 2.45) is 22.4 Å². The number of hydrogen-bond acceptors (Lipinski definition) is 8. The number of amides is 1. The van der Waals surface area contributed by atoms with Gasteiger partial charge in [-0.05, 0) is 13.0 Å². The summed E-state index contributed by atoms with van der Waals surface area (Å²) in [6.45, 7) is 4.23. The summed E-state index contributed by atoms with van der Waals surface area (Å²) in [5.41, 5.74) is 12.6. The average Bonchev–Trinajstić information content (AvgIpc) is 3.16. The van der Waals surface area contributed by atoms with Crippen molar-refractivity contribution < 1.29 is 28.5 Å². The third-order valence-corrected chi connectivity index (χ3v) is 4.16. The van der Waals surface area contributed by atoms with Crippen LogP contribution in [-0.4, -0.2) is 49.4 Å². The van der Waals surface area contributed by atoms with E-state index in [0.29, 0.717) is 24.5 Å². The predicted octanol–water partition coefficient (Wildman–Crippen LogP) is 0.102. The van der Waals surface area contributed by atoms with Gasteiger partial charge >= 0.3 is 5.97 Å². The van der Waals surface area contributed by atoms with Gasteiger partial charge in [-0.3, -0.25) is 21.1 Å². The summed E-state index contributed by atoms with van der Waals surface area (Å²) >= 11 is 0. The molecule has 2 atom stereocenters. The molecule has 2 aliphatic heterocycles. The van der Waals surface area contributed by atoms with Crippen molar-refractivity contribution in [3.8, 4) is 0 Å². The van der Waals surface area contributed by atoms with Crippen LogP contribution in [-0.2, 0) is 28.5 Å². The third kappa shape index (κ3) is 3.79. The van der Waals surface area contributed by atoms with Gasteiger partial charge in [-0.1, -0.05) is 0 Å². The Morgan fingerprint density at radius 2 is 2.19 bits per heavy atom. The Kier molecular flexibility index (Phi) is 5.12. The molecule has 3 aliphatic rings. The standard InChI is InChI=1S/C17H23N3O6/c1-3-24-16(22)11-6-13(25-10-4-5-23-8-10)12-7-17(18,19)26-15(12)14(11)20-9(2)21/h6,10-11H,3-5,7-8,18-19H2,1-2H3. The summed E-state index contributed by atoms with van der Waals surface area (Å²) in [4.78, 5) is 28.0. The van der Waals surface area contributed by atoms with Crippen LogP contribution in [0.1, 0.15) is 26.7 Å². The number of nitrogens with zero attached hydrogens (tertiary/aromatic N) is 1. The van der Waals surface area contributed by atoms with E-state index < -0.39 is 23.6 Å². The molecule has 9 heteroatoms. The van der Waals surface area contributed by atoms with E-state index in [1.54, 1.807) is 13.0 Å². The maximum atomic E-state index is 12.4. The van der Waals surface area contributed by atoms with E-state index in [2.05, 4.69) is 4.99 Å². The zero-order chi connectivity index (χ0) is 18.9. The van der Waals surface area contributed by atoms with Crippen molar-refractivity contribution >= 4 is 17.6 Å². The van der Waals surface area contributed by atoms with Crippen LogP contribution in [0, 0.1) is 5.92 Å². The van der Waals surface area contributed by atoms with Crippen molar-refractivity contribution in [2.45, 2.75) is 38.6 Å². The smallest absolute Gasteiger partial charge is 0.319 e. The zero-order valence-corrected chi connectivity index (χ0v) is 14.8. The lowest BCUT2D eigenvalue weighted by molar-refractivity contribution is -0.144. The monoisotopic (exact) mass is 365 g/mol. The van der Waals surface area contributed by atoms with Gasteiger partial charge < -0.3 is 18.9 Å². The minimum Gasteiger partial charge on any atom is -0.488 e. The molecule has 1 amide bonds. The van der Waals surface area contributed by atoms with Gasteiger partial charge in [0.2, 0.25) is 11.8 Å². The van der Waals surface area contributed by atoms with E-state index in [1.165, 1.54) is 6.92 Å². The minimum atomic E-state index is -1.47. The van der Waals surface area contributed by atoms with Crippen LogP contribution < -0.4 is 11.5 Å². The van der Waals surface area contributed by atoms with Crippen LogP contribution in [0.15, 0.2) is 28.2 Å². The quantitative estimate of drug-likeness (QED) is 0.529. The molecule has 9 nitrogen and oxygen atoms in total. The molecule has 3 rings (SSSR count). The van der Waals surface area contributed by atoms with Crippen LogP contribution in [0.5, 0.6) is 0 Å². The first-order chi connectivity index (χ1) is 12.3. The number of carbonyl (C=O) groups is 2. The average molecular weight is 365 g/mol. The van der Waals surface area contributed by atoms with E-state index in [-0.39, 0.29) is 30.6 Å². The van der Waals surface area contributed by atoms with E-state index >= 15 is 0 Å². The van der Waals surface area contributed by atoms with E-state index in [1.807, 2.05) is 0 Å². The van der Waals surface area contributed by atoms with Crippen LogP contribution in [0.2, 0.25) is 0 Å². The van der Waals surface area contributed by atoms with Crippen LogP contribution in [0.4, 0.5) is 0 Å². The molecule has 0 aromatic carbocycles. The number of aliphatic imine (C=N–C) groups is 1. The lowest BCUT2D eigenvalue weighted by Crippen LogP contribution is -2.49. The number of nitrogens with two attached hydrogens (primary N) is 2. The van der Waals surface area contributed by atoms with E-state index in [0.717, 1.165) is 6.42 Å². The molecular formula is C17H23N3O6. The van der Waals surface area contributed by atoms with Gasteiger partial charge in [-0.15, -0.1) is 0 Å². The lowest BCUT2D eigenvalue weighted by atomic mass is 9.90. The largest absolute Gasteiger partial charge is 0.488 e. The van der Waals surface area contributed by atoms with Crippen LogP contribution in [0.25, 0.3) is 0 Å². The van der Waals surface area contributed by atoms with Gasteiger partial charge in [0, 0.05) is 25.3 Å². The normalized spacial score (nSPS) is 28.5. The SMILES string of the molecule is CCOC(=O)C1C=C(OC2CCOC2)C2=C(OC(N)(N)C2)C1=NC(C)=O. The highest BCUT2D eigenvalue weighted by atomic mass is 16.6. The van der Waals surface area contributed by atoms with E-state index in [4.69, 9.17) is 30.4 Å². The van der Waals surface area contributed by atoms with Crippen molar-refractivity contribution in [2.75, 3.05) is 19.8 Å². The number of ether oxygens (including phenoxy) is 4. The van der Waals surface area contributed by atoms with Crippen molar-refractivity contribution in [1.29, 1.82) is 0 Å². The molecule has 0 aromatic heterocycles. The second-order valence-corrected chi connectivity index (χ2v) is 6.42. The maximum absolute atomic E-state index is 12.4. The number of hydrogen-bond donors (Lipinski definition) is 2. The summed E-state index contributed by atoms with van der Waals surface area (Å²) in [5.74, 6) is -2.80. The Bertz CT molecular complexity index is 703. The van der Waals surface area contributed by atoms with Gasteiger partial charge in [0.25, 0.3) is 0 Å². The van der Waals surface area contributed by atoms with Crippen LogP contribution >= 0.6 is 0 Å². The van der Waals surface area contributed by atoms with Crippen molar-refractivity contribution in [3.05, 3.63) is 23.2 Å². The molecule has 1 saturated heterocycles. The summed E-state index contributed by atoms with van der Waals surface area (Å²) in [6.07, 6.45) is 2.33. The number of allylic oxidation sites excluding steroid dienone is 2. The zero-order valence-electron chi connectivity index (χ0n) is 14.8. The molecule has 1 fully saturated rings. The topological polar surface area (TPSA) is 135 Å². The van der Waals surface area contributed by atoms with Gasteiger partial charge in [0.1, 0.15) is 23.5 Å². The van der Waals surface area contributed by atoms with Crippen molar-refractivity contribution in [3.63, 3.8) is 0 Å². The van der Waals surface area contributed by atoms with Gasteiger partial charge in [-0.2, -0.15) is 0 Å². The minimum absolute atomic E-state index is 0.138. The first-order valence-corrected chi connectivity index (χ1v) is 8.53. The second-order valence-electron chi connectivity index (χ2n) is 6.42. The molecule has 4 N–H and O–H groups in total. The number of carbonyl (C=O) groups excluding carboxylic acids is 2.